The number of para-hydroxylation sites is 1. The van der Waals surface area contributed by atoms with Gasteiger partial charge in [0.05, 0.1) is 5.52 Å². The Labute approximate surface area is 158 Å². The molecule has 3 aromatic rings. The fourth-order valence-electron chi connectivity index (χ4n) is 2.92. The van der Waals surface area contributed by atoms with Gasteiger partial charge in [-0.05, 0) is 43.7 Å². The second kappa shape index (κ2) is 8.64. The van der Waals surface area contributed by atoms with Crippen molar-refractivity contribution in [1.82, 2.24) is 4.98 Å². The number of ether oxygens (including phenoxy) is 2. The Morgan fingerprint density at radius 2 is 1.89 bits per heavy atom. The molecule has 0 amide bonds. The molecule has 1 aromatic heterocycles. The van der Waals surface area contributed by atoms with Gasteiger partial charge in [0.15, 0.2) is 6.10 Å². The lowest BCUT2D eigenvalue weighted by atomic mass is 10.1. The average molecular weight is 365 g/mol. The summed E-state index contributed by atoms with van der Waals surface area (Å²) in [6.07, 6.45) is 1.18. The van der Waals surface area contributed by atoms with Crippen LogP contribution in [0.1, 0.15) is 31.1 Å². The second-order valence-electron chi connectivity index (χ2n) is 6.35. The van der Waals surface area contributed by atoms with Crippen molar-refractivity contribution in [1.29, 1.82) is 0 Å². The van der Waals surface area contributed by atoms with Crippen molar-refractivity contribution in [3.63, 3.8) is 0 Å². The number of aliphatic carboxylic acids is 1. The maximum absolute atomic E-state index is 11.2. The van der Waals surface area contributed by atoms with Gasteiger partial charge in [0.2, 0.25) is 0 Å². The van der Waals surface area contributed by atoms with Gasteiger partial charge in [-0.25, -0.2) is 4.79 Å². The van der Waals surface area contributed by atoms with Gasteiger partial charge in [0.25, 0.3) is 0 Å². The van der Waals surface area contributed by atoms with Gasteiger partial charge >= 0.3 is 5.97 Å². The summed E-state index contributed by atoms with van der Waals surface area (Å²) in [5.74, 6) is -0.225. The van der Waals surface area contributed by atoms with Crippen LogP contribution in [0.15, 0.2) is 60.8 Å². The molecule has 2 unspecified atom stereocenters. The molecule has 3 rings (SSSR count). The average Bonchev–Trinajstić information content (AvgIpc) is 2.68. The summed E-state index contributed by atoms with van der Waals surface area (Å²) in [7, 11) is 0. The second-order valence-corrected chi connectivity index (χ2v) is 6.35. The maximum Gasteiger partial charge on any atom is 0.333 e. The molecule has 0 spiro atoms. The van der Waals surface area contributed by atoms with Crippen LogP contribution in [-0.4, -0.2) is 28.8 Å². The van der Waals surface area contributed by atoms with E-state index in [0.717, 1.165) is 27.8 Å². The maximum atomic E-state index is 11.2. The Morgan fingerprint density at radius 1 is 1.15 bits per heavy atom. The summed E-state index contributed by atoms with van der Waals surface area (Å²) in [6.45, 7) is 4.14. The summed E-state index contributed by atoms with van der Waals surface area (Å²) in [4.78, 5) is 15.7. The first-order valence-electron chi connectivity index (χ1n) is 9.01. The predicted octanol–water partition coefficient (Wildman–Crippen LogP) is 4.41. The minimum Gasteiger partial charge on any atom is -0.486 e. The highest BCUT2D eigenvalue weighted by atomic mass is 16.5. The van der Waals surface area contributed by atoms with Crippen LogP contribution in [0.2, 0.25) is 0 Å². The Kier molecular flexibility index (Phi) is 6.04. The van der Waals surface area contributed by atoms with Crippen molar-refractivity contribution in [3.8, 4) is 5.75 Å². The van der Waals surface area contributed by atoms with E-state index >= 15 is 0 Å². The molecule has 5 heteroatoms. The van der Waals surface area contributed by atoms with Crippen LogP contribution in [0.3, 0.4) is 0 Å². The van der Waals surface area contributed by atoms with E-state index in [1.807, 2.05) is 61.7 Å². The Morgan fingerprint density at radius 3 is 2.59 bits per heavy atom. The molecular formula is C22H23NO4. The number of hydrogen-bond acceptors (Lipinski definition) is 4. The number of fused-ring (bicyclic) bond motifs is 1. The van der Waals surface area contributed by atoms with Gasteiger partial charge < -0.3 is 14.6 Å². The monoisotopic (exact) mass is 365 g/mol. The zero-order valence-electron chi connectivity index (χ0n) is 15.5. The number of pyridine rings is 1. The van der Waals surface area contributed by atoms with Gasteiger partial charge in [-0.3, -0.25) is 4.98 Å². The highest BCUT2D eigenvalue weighted by Crippen LogP contribution is 2.24. The van der Waals surface area contributed by atoms with Crippen molar-refractivity contribution >= 4 is 16.9 Å². The Bertz CT molecular complexity index is 908. The minimum absolute atomic E-state index is 0.150. The molecule has 0 fully saturated rings. The molecule has 140 valence electrons. The quantitative estimate of drug-likeness (QED) is 0.640. The fourth-order valence-corrected chi connectivity index (χ4v) is 2.92. The zero-order chi connectivity index (χ0) is 19.2. The van der Waals surface area contributed by atoms with Gasteiger partial charge in [-0.15, -0.1) is 0 Å². The van der Waals surface area contributed by atoms with Gasteiger partial charge in [0, 0.05) is 30.2 Å². The summed E-state index contributed by atoms with van der Waals surface area (Å²) < 4.78 is 11.3. The zero-order valence-corrected chi connectivity index (χ0v) is 15.5. The predicted molar refractivity (Wildman–Crippen MR) is 104 cm³/mol. The Hall–Kier alpha value is -2.92. The molecule has 0 saturated carbocycles. The number of carbonyl (C=O) groups is 1. The van der Waals surface area contributed by atoms with Crippen LogP contribution in [0.5, 0.6) is 5.75 Å². The van der Waals surface area contributed by atoms with Crippen LogP contribution < -0.4 is 4.74 Å². The molecule has 0 aliphatic heterocycles. The number of carboxylic acid groups (broad SMARTS) is 1. The van der Waals surface area contributed by atoms with Crippen LogP contribution in [0.4, 0.5) is 0 Å². The van der Waals surface area contributed by atoms with Crippen molar-refractivity contribution in [3.05, 3.63) is 71.9 Å². The van der Waals surface area contributed by atoms with Gasteiger partial charge in [-0.1, -0.05) is 30.3 Å². The molecule has 0 radical (unpaired) electrons. The van der Waals surface area contributed by atoms with Crippen molar-refractivity contribution in [2.45, 2.75) is 32.5 Å². The first-order chi connectivity index (χ1) is 13.1. The third-order valence-electron chi connectivity index (χ3n) is 4.38. The molecule has 2 atom stereocenters. The van der Waals surface area contributed by atoms with E-state index in [2.05, 4.69) is 11.1 Å². The van der Waals surface area contributed by atoms with Crippen LogP contribution in [0.25, 0.3) is 10.9 Å². The lowest BCUT2D eigenvalue weighted by Gasteiger charge is -2.16. The minimum atomic E-state index is -0.949. The molecular weight excluding hydrogens is 342 g/mol. The van der Waals surface area contributed by atoms with E-state index in [9.17, 15) is 9.90 Å². The third kappa shape index (κ3) is 4.83. The summed E-state index contributed by atoms with van der Waals surface area (Å²) in [5.41, 5.74) is 2.85. The molecule has 2 aromatic carbocycles. The van der Waals surface area contributed by atoms with E-state index < -0.39 is 12.1 Å². The van der Waals surface area contributed by atoms with E-state index in [1.165, 1.54) is 0 Å². The van der Waals surface area contributed by atoms with Crippen molar-refractivity contribution < 1.29 is 19.4 Å². The standard InChI is InChI=1S/C22H23NO4/c1-3-26-21(22(24)25)12-16-8-10-19(11-9-16)27-15(2)18-13-17-6-4-5-7-20(17)23-14-18/h4-11,13-15,21H,3,12H2,1-2H3,(H,24,25). The lowest BCUT2D eigenvalue weighted by molar-refractivity contribution is -0.149. The van der Waals surface area contributed by atoms with E-state index in [4.69, 9.17) is 9.47 Å². The van der Waals surface area contributed by atoms with Crippen LogP contribution in [0, 0.1) is 0 Å². The van der Waals surface area contributed by atoms with Crippen molar-refractivity contribution in [2.75, 3.05) is 6.61 Å². The van der Waals surface area contributed by atoms with Crippen LogP contribution in [-0.2, 0) is 16.0 Å². The molecule has 1 heterocycles. The van der Waals surface area contributed by atoms with E-state index in [-0.39, 0.29) is 6.10 Å². The number of aromatic nitrogens is 1. The number of benzene rings is 2. The summed E-state index contributed by atoms with van der Waals surface area (Å²) >= 11 is 0. The highest BCUT2D eigenvalue weighted by Gasteiger charge is 2.18. The molecule has 0 saturated heterocycles. The lowest BCUT2D eigenvalue weighted by Crippen LogP contribution is -2.26. The number of nitrogens with zero attached hydrogens (tertiary/aromatic N) is 1. The SMILES string of the molecule is CCOC(Cc1ccc(OC(C)c2cnc3ccccc3c2)cc1)C(=O)O. The van der Waals surface area contributed by atoms with Gasteiger partial charge in [0.1, 0.15) is 11.9 Å². The first-order valence-corrected chi connectivity index (χ1v) is 9.01. The molecule has 1 N–H and O–H groups in total. The van der Waals surface area contributed by atoms with Crippen molar-refractivity contribution in [2.24, 2.45) is 0 Å². The molecule has 27 heavy (non-hydrogen) atoms. The van der Waals surface area contributed by atoms with Crippen LogP contribution >= 0.6 is 0 Å². The van der Waals surface area contributed by atoms with E-state index in [0.29, 0.717) is 13.0 Å². The molecule has 5 nitrogen and oxygen atoms in total. The molecule has 0 aliphatic carbocycles. The highest BCUT2D eigenvalue weighted by molar-refractivity contribution is 5.78. The third-order valence-corrected chi connectivity index (χ3v) is 4.38. The Balaban J connectivity index is 1.67. The normalized spacial score (nSPS) is 13.3. The number of hydrogen-bond donors (Lipinski definition) is 1. The van der Waals surface area contributed by atoms with E-state index in [1.54, 1.807) is 6.92 Å². The smallest absolute Gasteiger partial charge is 0.333 e. The van der Waals surface area contributed by atoms with Gasteiger partial charge in [-0.2, -0.15) is 0 Å². The number of rotatable bonds is 8. The molecule has 0 bridgehead atoms. The first kappa shape index (κ1) is 18.9. The summed E-state index contributed by atoms with van der Waals surface area (Å²) in [6, 6.07) is 17.5. The number of carboxylic acids is 1. The fraction of sp³-hybridized carbons (Fsp3) is 0.273. The summed E-state index contributed by atoms with van der Waals surface area (Å²) in [5, 5.41) is 10.3. The molecule has 0 aliphatic rings. The largest absolute Gasteiger partial charge is 0.486 e. The topological polar surface area (TPSA) is 68.7 Å².